The molecule has 2 unspecified atom stereocenters. The smallest absolute Gasteiger partial charge is 0.534 e. The molecule has 176 valence electrons. The van der Waals surface area contributed by atoms with Gasteiger partial charge in [0.25, 0.3) is 0 Å². The molecule has 1 saturated carbocycles. The minimum absolute atomic E-state index is 0.0152. The quantitative estimate of drug-likeness (QED) is 0.222. The summed E-state index contributed by atoms with van der Waals surface area (Å²) in [5, 5.41) is 29.4. The summed E-state index contributed by atoms with van der Waals surface area (Å²) < 4.78 is 5.45. The SMILES string of the molecule is CC(N)CNCCNC1CCC(CC(=O)NC2Cc3cccc(C(=O)O)c3OB2O)CC1. The summed E-state index contributed by atoms with van der Waals surface area (Å²) >= 11 is 0. The molecule has 0 aromatic heterocycles. The van der Waals surface area contributed by atoms with Crippen LogP contribution in [0.25, 0.3) is 0 Å². The summed E-state index contributed by atoms with van der Waals surface area (Å²) in [6, 6.07) is 5.49. The lowest BCUT2D eigenvalue weighted by molar-refractivity contribution is -0.122. The summed E-state index contributed by atoms with van der Waals surface area (Å²) in [5.74, 6) is -1.30. The van der Waals surface area contributed by atoms with Crippen LogP contribution in [0, 0.1) is 5.92 Å². The minimum atomic E-state index is -1.28. The van der Waals surface area contributed by atoms with Gasteiger partial charge >= 0.3 is 13.1 Å². The van der Waals surface area contributed by atoms with Crippen molar-refractivity contribution in [2.24, 2.45) is 11.7 Å². The number of para-hydroxylation sites is 1. The Morgan fingerprint density at radius 3 is 2.69 bits per heavy atom. The lowest BCUT2D eigenvalue weighted by atomic mass is 9.72. The van der Waals surface area contributed by atoms with Crippen LogP contribution < -0.4 is 26.3 Å². The first kappa shape index (κ1) is 24.5. The van der Waals surface area contributed by atoms with Crippen molar-refractivity contribution in [3.8, 4) is 5.75 Å². The number of amides is 1. The molecule has 1 amide bonds. The van der Waals surface area contributed by atoms with Crippen molar-refractivity contribution in [2.75, 3.05) is 19.6 Å². The number of nitrogens with two attached hydrogens (primary N) is 1. The van der Waals surface area contributed by atoms with Crippen LogP contribution in [0.15, 0.2) is 18.2 Å². The molecule has 2 atom stereocenters. The molecule has 1 aliphatic carbocycles. The van der Waals surface area contributed by atoms with E-state index < -0.39 is 19.0 Å². The molecular weight excluding hydrogens is 411 g/mol. The normalized spacial score (nSPS) is 23.7. The number of carbonyl (C=O) groups excluding carboxylic acids is 1. The number of rotatable bonds is 10. The van der Waals surface area contributed by atoms with Crippen LogP contribution in [0.4, 0.5) is 0 Å². The number of aromatic carboxylic acids is 1. The van der Waals surface area contributed by atoms with Crippen LogP contribution in [-0.4, -0.2) is 66.8 Å². The summed E-state index contributed by atoms with van der Waals surface area (Å²) in [6.45, 7) is 4.60. The zero-order valence-corrected chi connectivity index (χ0v) is 18.7. The molecule has 1 aromatic carbocycles. The number of hydrogen-bond acceptors (Lipinski definition) is 7. The Balaban J connectivity index is 1.39. The van der Waals surface area contributed by atoms with Gasteiger partial charge in [-0.25, -0.2) is 4.79 Å². The molecule has 9 nitrogen and oxygen atoms in total. The summed E-state index contributed by atoms with van der Waals surface area (Å²) in [4.78, 5) is 23.9. The number of hydrogen-bond donors (Lipinski definition) is 6. The molecule has 1 fully saturated rings. The van der Waals surface area contributed by atoms with E-state index in [0.29, 0.717) is 30.4 Å². The molecule has 3 rings (SSSR count). The Bertz CT molecular complexity index is 786. The van der Waals surface area contributed by atoms with Crippen molar-refractivity contribution in [2.45, 2.75) is 63.5 Å². The van der Waals surface area contributed by atoms with E-state index in [1.54, 1.807) is 12.1 Å². The van der Waals surface area contributed by atoms with Crippen LogP contribution in [0.2, 0.25) is 0 Å². The highest BCUT2D eigenvalue weighted by Gasteiger charge is 2.38. The number of carbonyl (C=O) groups is 2. The molecule has 7 N–H and O–H groups in total. The summed E-state index contributed by atoms with van der Waals surface area (Å²) in [7, 11) is -1.28. The van der Waals surface area contributed by atoms with Gasteiger partial charge in [0.05, 0.1) is 11.5 Å². The van der Waals surface area contributed by atoms with Crippen molar-refractivity contribution in [1.82, 2.24) is 16.0 Å². The highest BCUT2D eigenvalue weighted by molar-refractivity contribution is 6.47. The van der Waals surface area contributed by atoms with E-state index in [-0.39, 0.29) is 23.3 Å². The van der Waals surface area contributed by atoms with Gasteiger partial charge < -0.3 is 36.5 Å². The maximum Gasteiger partial charge on any atom is 0.547 e. The van der Waals surface area contributed by atoms with E-state index in [1.165, 1.54) is 6.07 Å². The molecule has 32 heavy (non-hydrogen) atoms. The van der Waals surface area contributed by atoms with Gasteiger partial charge in [-0.05, 0) is 56.6 Å². The van der Waals surface area contributed by atoms with Crippen LogP contribution >= 0.6 is 0 Å². The molecule has 1 aromatic rings. The van der Waals surface area contributed by atoms with Gasteiger partial charge in [0.15, 0.2) is 0 Å². The van der Waals surface area contributed by atoms with E-state index in [4.69, 9.17) is 10.4 Å². The van der Waals surface area contributed by atoms with Gasteiger partial charge in [0.1, 0.15) is 5.75 Å². The minimum Gasteiger partial charge on any atom is -0.534 e. The Morgan fingerprint density at radius 1 is 1.25 bits per heavy atom. The average Bonchev–Trinajstić information content (AvgIpc) is 2.74. The molecule has 0 saturated heterocycles. The van der Waals surface area contributed by atoms with Gasteiger partial charge in [0.2, 0.25) is 5.91 Å². The first-order chi connectivity index (χ1) is 15.3. The second-order valence-electron chi connectivity index (χ2n) is 9.04. The molecule has 0 radical (unpaired) electrons. The van der Waals surface area contributed by atoms with Gasteiger partial charge in [-0.1, -0.05) is 12.1 Å². The van der Waals surface area contributed by atoms with Gasteiger partial charge in [-0.2, -0.15) is 0 Å². The largest absolute Gasteiger partial charge is 0.547 e. The summed E-state index contributed by atoms with van der Waals surface area (Å²) in [5.41, 5.74) is 6.40. The van der Waals surface area contributed by atoms with Crippen LogP contribution in [0.1, 0.15) is 54.9 Å². The number of benzene rings is 1. The Kier molecular flexibility index (Phi) is 8.92. The first-order valence-electron chi connectivity index (χ1n) is 11.5. The fourth-order valence-electron chi connectivity index (χ4n) is 4.51. The summed E-state index contributed by atoms with van der Waals surface area (Å²) in [6.07, 6.45) is 4.84. The van der Waals surface area contributed by atoms with Crippen molar-refractivity contribution in [3.05, 3.63) is 29.3 Å². The third-order valence-corrected chi connectivity index (χ3v) is 6.22. The maximum absolute atomic E-state index is 12.6. The Hall–Kier alpha value is -2.14. The molecule has 0 bridgehead atoms. The fraction of sp³-hybridized carbons (Fsp3) is 0.636. The van der Waals surface area contributed by atoms with Crippen molar-refractivity contribution in [3.63, 3.8) is 0 Å². The standard InChI is InChI=1S/C22H35BN4O5/c1-14(24)13-25-9-10-26-17-7-5-15(6-8-17)11-20(28)27-19-12-16-3-2-4-18(22(29)30)21(16)32-23(19)31/h2-4,14-15,17,19,25-26,31H,5-13,24H2,1H3,(H,27,28)(H,29,30). The zero-order chi connectivity index (χ0) is 23.1. The second kappa shape index (κ2) is 11.6. The van der Waals surface area contributed by atoms with Gasteiger partial charge in [0, 0.05) is 38.1 Å². The predicted molar refractivity (Wildman–Crippen MR) is 123 cm³/mol. The van der Waals surface area contributed by atoms with E-state index >= 15 is 0 Å². The molecule has 0 spiro atoms. The second-order valence-corrected chi connectivity index (χ2v) is 9.04. The third kappa shape index (κ3) is 6.93. The number of carboxylic acids is 1. The molecule has 2 aliphatic rings. The van der Waals surface area contributed by atoms with E-state index in [0.717, 1.165) is 45.3 Å². The third-order valence-electron chi connectivity index (χ3n) is 6.22. The lowest BCUT2D eigenvalue weighted by Crippen LogP contribution is -2.53. The monoisotopic (exact) mass is 446 g/mol. The number of nitrogens with one attached hydrogen (secondary N) is 3. The van der Waals surface area contributed by atoms with Gasteiger partial charge in [-0.15, -0.1) is 0 Å². The first-order valence-corrected chi connectivity index (χ1v) is 11.5. The Morgan fingerprint density at radius 2 is 2.00 bits per heavy atom. The number of carboxylic acid groups (broad SMARTS) is 1. The molecule has 1 aliphatic heterocycles. The van der Waals surface area contributed by atoms with Crippen molar-refractivity contribution >= 4 is 19.0 Å². The molecule has 1 heterocycles. The highest BCUT2D eigenvalue weighted by Crippen LogP contribution is 2.31. The van der Waals surface area contributed by atoms with Crippen LogP contribution in [-0.2, 0) is 11.2 Å². The van der Waals surface area contributed by atoms with Crippen molar-refractivity contribution in [1.29, 1.82) is 0 Å². The molecular formula is C22H35BN4O5. The van der Waals surface area contributed by atoms with Crippen molar-refractivity contribution < 1.29 is 24.4 Å². The Labute approximate surface area is 189 Å². The fourth-order valence-corrected chi connectivity index (χ4v) is 4.51. The highest BCUT2D eigenvalue weighted by atomic mass is 16.5. The van der Waals surface area contributed by atoms with E-state index in [1.807, 2.05) is 6.92 Å². The van der Waals surface area contributed by atoms with E-state index in [9.17, 15) is 19.7 Å². The van der Waals surface area contributed by atoms with Crippen LogP contribution in [0.5, 0.6) is 5.75 Å². The molecule has 10 heteroatoms. The van der Waals surface area contributed by atoms with Gasteiger partial charge in [-0.3, -0.25) is 4.79 Å². The van der Waals surface area contributed by atoms with E-state index in [2.05, 4.69) is 16.0 Å². The maximum atomic E-state index is 12.6. The van der Waals surface area contributed by atoms with Crippen LogP contribution in [0.3, 0.4) is 0 Å². The zero-order valence-electron chi connectivity index (χ0n) is 18.7. The lowest BCUT2D eigenvalue weighted by Gasteiger charge is -2.31. The topological polar surface area (TPSA) is 146 Å². The predicted octanol–water partition coefficient (Wildman–Crippen LogP) is 0.300. The number of fused-ring (bicyclic) bond motifs is 1. The average molecular weight is 446 g/mol.